The Labute approximate surface area is 331 Å². The Bertz CT molecular complexity index is 1300. The third-order valence-corrected chi connectivity index (χ3v) is 11.4. The SMILES string of the molecule is CC(=O)N[C@H]1[C@H]([C@H](O)[C@H](O)CO)O[C@@](O[C@H]2[C@@H](O)[C@@H](CO)O[C@@H](O[C@H]3[C@@H](O)[C@@H](CO)O[C@@H](OCC[Si](C)(C)C)[C@@H]3NC(=O)C(Cl)(Cl)Cl)[C@@H]2O)(C(=O)O)C[C@@H]1O. The minimum Gasteiger partial charge on any atom is -0.477 e. The highest BCUT2D eigenvalue weighted by Gasteiger charge is 2.60. The number of ether oxygens (including phenoxy) is 6. The molecule has 3 heterocycles. The predicted molar refractivity (Wildman–Crippen MR) is 188 cm³/mol. The number of alkyl halides is 3. The molecule has 2 amide bonds. The van der Waals surface area contributed by atoms with Crippen molar-refractivity contribution in [3.63, 3.8) is 0 Å². The quantitative estimate of drug-likeness (QED) is 0.0515. The molecule has 55 heavy (non-hydrogen) atoms. The first-order valence-electron chi connectivity index (χ1n) is 17.1. The monoisotopic (exact) mass is 876 g/mol. The van der Waals surface area contributed by atoms with E-state index in [0.717, 1.165) is 6.92 Å². The molecule has 0 aliphatic carbocycles. The van der Waals surface area contributed by atoms with E-state index in [2.05, 4.69) is 10.6 Å². The number of carboxylic acids is 1. The highest BCUT2D eigenvalue weighted by molar-refractivity contribution is 6.76. The molecule has 0 aromatic carbocycles. The third-order valence-electron chi connectivity index (χ3n) is 9.17. The zero-order valence-corrected chi connectivity index (χ0v) is 33.5. The summed E-state index contributed by atoms with van der Waals surface area (Å²) in [6.07, 6.45) is -26.0. The molecule has 0 saturated carbocycles. The molecule has 21 nitrogen and oxygen atoms in total. The average Bonchev–Trinajstić information content (AvgIpc) is 3.09. The van der Waals surface area contributed by atoms with Gasteiger partial charge in [0.15, 0.2) is 12.6 Å². The van der Waals surface area contributed by atoms with Crippen molar-refractivity contribution in [2.75, 3.05) is 26.4 Å². The van der Waals surface area contributed by atoms with E-state index in [1.165, 1.54) is 0 Å². The van der Waals surface area contributed by atoms with Crippen molar-refractivity contribution in [3.05, 3.63) is 0 Å². The van der Waals surface area contributed by atoms with Crippen LogP contribution >= 0.6 is 34.8 Å². The number of carbonyl (C=O) groups excluding carboxylic acids is 2. The largest absolute Gasteiger partial charge is 0.477 e. The van der Waals surface area contributed by atoms with Crippen LogP contribution in [0.5, 0.6) is 0 Å². The summed E-state index contributed by atoms with van der Waals surface area (Å²) in [4.78, 5) is 37.7. The Morgan fingerprint density at radius 3 is 1.95 bits per heavy atom. The zero-order chi connectivity index (χ0) is 41.8. The number of carboxylic acid groups (broad SMARTS) is 1. The second-order valence-corrected chi connectivity index (χ2v) is 22.6. The minimum atomic E-state index is -3.08. The summed E-state index contributed by atoms with van der Waals surface area (Å²) in [6, 6.07) is -2.57. The van der Waals surface area contributed by atoms with E-state index >= 15 is 0 Å². The maximum atomic E-state index is 12.9. The fourth-order valence-corrected chi connectivity index (χ4v) is 7.06. The number of hydrogen-bond donors (Lipinski definition) is 12. The summed E-state index contributed by atoms with van der Waals surface area (Å²) in [6.45, 7) is 4.34. The van der Waals surface area contributed by atoms with Gasteiger partial charge in [-0.1, -0.05) is 54.4 Å². The van der Waals surface area contributed by atoms with Crippen molar-refractivity contribution < 1.29 is 93.9 Å². The molecular weight excluding hydrogens is 827 g/mol. The topological polar surface area (TPSA) is 333 Å². The normalized spacial score (nSPS) is 38.5. The number of nitrogens with one attached hydrogen (secondary N) is 2. The molecule has 12 N–H and O–H groups in total. The molecule has 0 aromatic rings. The Balaban J connectivity index is 2.03. The van der Waals surface area contributed by atoms with Crippen LogP contribution in [0.2, 0.25) is 25.7 Å². The standard InChI is InChI=1S/C30H51Cl3N2O19Si/c1-11(39)34-16-12(40)7-29(28(47)48,53-23(16)18(42)13(41)8-36)54-24-20(44)15(10-38)51-26(21(24)45)52-22-17(35-27(46)30(31,32)33)25(49-5-6-55(2,3)4)50-14(9-37)19(22)43/h12-26,36-38,40-45H,5-10H2,1-4H3,(H,34,39)(H,35,46)(H,47,48)/t12-,13+,14+,15+,16+,17+,18+,19-,20-,21+,22+,23+,24-,25+,26-,29-/m0/s1. The summed E-state index contributed by atoms with van der Waals surface area (Å²) >= 11 is 17.4. The van der Waals surface area contributed by atoms with Crippen LogP contribution in [0.3, 0.4) is 0 Å². The first-order valence-corrected chi connectivity index (χ1v) is 22.0. The van der Waals surface area contributed by atoms with E-state index < -0.39 is 153 Å². The van der Waals surface area contributed by atoms with E-state index in [0.29, 0.717) is 6.04 Å². The van der Waals surface area contributed by atoms with Gasteiger partial charge in [-0.25, -0.2) is 4.79 Å². The van der Waals surface area contributed by atoms with Gasteiger partial charge in [0.1, 0.15) is 67.1 Å². The van der Waals surface area contributed by atoms with Crippen LogP contribution in [-0.2, 0) is 42.8 Å². The predicted octanol–water partition coefficient (Wildman–Crippen LogP) is -4.37. The minimum absolute atomic E-state index is 0.0652. The number of rotatable bonds is 16. The van der Waals surface area contributed by atoms with Crippen molar-refractivity contribution in [3.8, 4) is 0 Å². The van der Waals surface area contributed by atoms with Crippen LogP contribution in [0.25, 0.3) is 0 Å². The molecule has 3 aliphatic rings. The van der Waals surface area contributed by atoms with Crippen LogP contribution in [0.4, 0.5) is 0 Å². The zero-order valence-electron chi connectivity index (χ0n) is 30.2. The Kier molecular flexibility index (Phi) is 17.3. The summed E-state index contributed by atoms with van der Waals surface area (Å²) in [5.74, 6) is -7.08. The van der Waals surface area contributed by atoms with Crippen LogP contribution in [-0.4, -0.2) is 205 Å². The second kappa shape index (κ2) is 19.8. The molecule has 3 saturated heterocycles. The van der Waals surface area contributed by atoms with Crippen LogP contribution in [0.15, 0.2) is 0 Å². The molecular formula is C30H51Cl3N2O19Si. The van der Waals surface area contributed by atoms with Gasteiger partial charge < -0.3 is 90.1 Å². The van der Waals surface area contributed by atoms with E-state index in [4.69, 9.17) is 63.2 Å². The van der Waals surface area contributed by atoms with Gasteiger partial charge in [0.05, 0.1) is 32.0 Å². The molecule has 0 radical (unpaired) electrons. The lowest BCUT2D eigenvalue weighted by Gasteiger charge is -2.51. The lowest BCUT2D eigenvalue weighted by molar-refractivity contribution is -0.381. The molecule has 3 fully saturated rings. The molecule has 0 spiro atoms. The smallest absolute Gasteiger partial charge is 0.364 e. The summed E-state index contributed by atoms with van der Waals surface area (Å²) in [5.41, 5.74) is 0. The van der Waals surface area contributed by atoms with Crippen molar-refractivity contribution in [1.82, 2.24) is 10.6 Å². The van der Waals surface area contributed by atoms with Crippen LogP contribution in [0.1, 0.15) is 13.3 Å². The second-order valence-electron chi connectivity index (χ2n) is 14.7. The number of amides is 2. The van der Waals surface area contributed by atoms with Gasteiger partial charge in [-0.05, 0) is 6.04 Å². The Morgan fingerprint density at radius 1 is 0.891 bits per heavy atom. The van der Waals surface area contributed by atoms with Gasteiger partial charge >= 0.3 is 5.97 Å². The van der Waals surface area contributed by atoms with Crippen molar-refractivity contribution >= 4 is 60.7 Å². The number of carbonyl (C=O) groups is 3. The molecule has 0 unspecified atom stereocenters. The Hall–Kier alpha value is -1.10. The highest BCUT2D eigenvalue weighted by atomic mass is 35.6. The van der Waals surface area contributed by atoms with Crippen molar-refractivity contribution in [2.24, 2.45) is 0 Å². The summed E-state index contributed by atoms with van der Waals surface area (Å²) < 4.78 is 31.9. The first-order chi connectivity index (χ1) is 25.4. The van der Waals surface area contributed by atoms with Crippen LogP contribution < -0.4 is 10.6 Å². The van der Waals surface area contributed by atoms with Gasteiger partial charge in [0.2, 0.25) is 5.91 Å². The number of hydrogen-bond acceptors (Lipinski definition) is 18. The van der Waals surface area contributed by atoms with Gasteiger partial charge in [-0.3, -0.25) is 9.59 Å². The van der Waals surface area contributed by atoms with Gasteiger partial charge in [-0.15, -0.1) is 0 Å². The maximum Gasteiger partial charge on any atom is 0.364 e. The van der Waals surface area contributed by atoms with E-state index in [9.17, 15) is 65.4 Å². The van der Waals surface area contributed by atoms with Crippen molar-refractivity contribution in [2.45, 2.75) is 140 Å². The number of aliphatic carboxylic acids is 1. The summed E-state index contributed by atoms with van der Waals surface area (Å²) in [7, 11) is -1.72. The lowest BCUT2D eigenvalue weighted by atomic mass is 9.88. The van der Waals surface area contributed by atoms with Crippen LogP contribution in [0, 0.1) is 0 Å². The van der Waals surface area contributed by atoms with Gasteiger partial charge in [0, 0.05) is 28.0 Å². The molecule has 3 rings (SSSR count). The number of halogens is 3. The van der Waals surface area contributed by atoms with Gasteiger partial charge in [-0.2, -0.15) is 0 Å². The summed E-state index contributed by atoms with van der Waals surface area (Å²) in [5, 5.41) is 111. The molecule has 3 aliphatic heterocycles. The molecule has 320 valence electrons. The Morgan fingerprint density at radius 2 is 1.45 bits per heavy atom. The molecule has 0 bridgehead atoms. The third kappa shape index (κ3) is 12.0. The van der Waals surface area contributed by atoms with E-state index in [1.54, 1.807) is 0 Å². The average molecular weight is 878 g/mol. The molecule has 16 atom stereocenters. The fraction of sp³-hybridized carbons (Fsp3) is 0.900. The van der Waals surface area contributed by atoms with Gasteiger partial charge in [0.25, 0.3) is 15.5 Å². The van der Waals surface area contributed by atoms with Crippen molar-refractivity contribution in [1.29, 1.82) is 0 Å². The number of aliphatic hydroxyl groups excluding tert-OH is 9. The van der Waals surface area contributed by atoms with E-state index in [1.807, 2.05) is 19.6 Å². The molecule has 25 heteroatoms. The highest BCUT2D eigenvalue weighted by Crippen LogP contribution is 2.39. The fourth-order valence-electron chi connectivity index (χ4n) is 6.17. The van der Waals surface area contributed by atoms with E-state index in [-0.39, 0.29) is 6.61 Å². The maximum absolute atomic E-state index is 12.9. The first kappa shape index (κ1) is 48.3. The lowest BCUT2D eigenvalue weighted by Crippen LogP contribution is -2.71. The number of aliphatic hydroxyl groups is 9. The molecule has 0 aromatic heterocycles.